The van der Waals surface area contributed by atoms with Gasteiger partial charge in [0.2, 0.25) is 11.7 Å². The van der Waals surface area contributed by atoms with Crippen molar-refractivity contribution in [1.29, 1.82) is 0 Å². The lowest BCUT2D eigenvalue weighted by molar-refractivity contribution is -0.247. The SMILES string of the molecule is CCOC(CCCP(=O)(O)O)(OCC)c1c(Cl)nc(OC)nc1OC. The van der Waals surface area contributed by atoms with Crippen molar-refractivity contribution in [3.8, 4) is 11.9 Å². The van der Waals surface area contributed by atoms with E-state index < -0.39 is 13.4 Å². The molecule has 1 heterocycles. The van der Waals surface area contributed by atoms with Gasteiger partial charge in [-0.3, -0.25) is 4.57 Å². The second kappa shape index (κ2) is 9.66. The molecule has 0 fully saturated rings. The minimum atomic E-state index is -4.15. The smallest absolute Gasteiger partial charge is 0.325 e. The van der Waals surface area contributed by atoms with Crippen LogP contribution in [0.3, 0.4) is 0 Å². The van der Waals surface area contributed by atoms with Crippen molar-refractivity contribution in [2.75, 3.05) is 33.6 Å². The van der Waals surface area contributed by atoms with Crippen molar-refractivity contribution in [3.05, 3.63) is 10.7 Å². The summed E-state index contributed by atoms with van der Waals surface area (Å²) >= 11 is 6.29. The van der Waals surface area contributed by atoms with E-state index in [-0.39, 0.29) is 54.8 Å². The first-order valence-corrected chi connectivity index (χ1v) is 9.89. The molecular formula is C14H24ClN2O7P. The summed E-state index contributed by atoms with van der Waals surface area (Å²) in [4.78, 5) is 26.3. The Balaban J connectivity index is 3.37. The maximum atomic E-state index is 11.2. The minimum Gasteiger partial charge on any atom is -0.480 e. The highest BCUT2D eigenvalue weighted by Gasteiger charge is 2.41. The standard InChI is InChI=1S/C14H24ClN2O7P/c1-5-23-14(24-6-2,8-7-9-25(18,19)20)10-11(15)16-13(22-4)17-12(10)21-3/h5-9H2,1-4H3,(H2,18,19,20). The molecule has 1 rings (SSSR count). The third kappa shape index (κ3) is 6.06. The van der Waals surface area contributed by atoms with E-state index in [2.05, 4.69) is 9.97 Å². The maximum Gasteiger partial charge on any atom is 0.325 e. The normalized spacial score (nSPS) is 12.3. The van der Waals surface area contributed by atoms with Crippen LogP contribution in [-0.2, 0) is 19.8 Å². The molecule has 0 radical (unpaired) electrons. The zero-order chi connectivity index (χ0) is 19.1. The summed E-state index contributed by atoms with van der Waals surface area (Å²) in [5.41, 5.74) is 0.256. The van der Waals surface area contributed by atoms with E-state index in [1.807, 2.05) is 0 Å². The molecule has 0 aliphatic heterocycles. The van der Waals surface area contributed by atoms with E-state index >= 15 is 0 Å². The Hall–Kier alpha value is -0.960. The molecule has 0 saturated heterocycles. The van der Waals surface area contributed by atoms with E-state index in [1.54, 1.807) is 13.8 Å². The van der Waals surface area contributed by atoms with E-state index in [1.165, 1.54) is 14.2 Å². The highest BCUT2D eigenvalue weighted by atomic mass is 35.5. The summed E-state index contributed by atoms with van der Waals surface area (Å²) < 4.78 is 33.0. The molecule has 0 bridgehead atoms. The Morgan fingerprint density at radius 1 is 1.12 bits per heavy atom. The van der Waals surface area contributed by atoms with E-state index in [4.69, 9.17) is 40.3 Å². The Morgan fingerprint density at radius 2 is 1.72 bits per heavy atom. The molecule has 1 aromatic rings. The van der Waals surface area contributed by atoms with E-state index in [9.17, 15) is 4.57 Å². The van der Waals surface area contributed by atoms with Crippen LogP contribution in [0.25, 0.3) is 0 Å². The van der Waals surface area contributed by atoms with Crippen LogP contribution in [0.5, 0.6) is 11.9 Å². The molecule has 0 amide bonds. The summed E-state index contributed by atoms with van der Waals surface area (Å²) in [6.45, 7) is 4.06. The Kier molecular flexibility index (Phi) is 8.53. The van der Waals surface area contributed by atoms with Crippen molar-refractivity contribution < 1.29 is 33.3 Å². The predicted octanol–water partition coefficient (Wildman–Crippen LogP) is 2.33. The summed E-state index contributed by atoms with van der Waals surface area (Å²) in [6, 6.07) is 0.0164. The number of rotatable bonds is 11. The highest BCUT2D eigenvalue weighted by molar-refractivity contribution is 7.51. The summed E-state index contributed by atoms with van der Waals surface area (Å²) in [5, 5.41) is 0.0155. The largest absolute Gasteiger partial charge is 0.480 e. The van der Waals surface area contributed by atoms with Crippen LogP contribution in [0, 0.1) is 0 Å². The fourth-order valence-corrected chi connectivity index (χ4v) is 3.26. The van der Waals surface area contributed by atoms with Gasteiger partial charge in [-0.25, -0.2) is 0 Å². The Labute approximate surface area is 151 Å². The van der Waals surface area contributed by atoms with Crippen LogP contribution in [-0.4, -0.2) is 53.4 Å². The van der Waals surface area contributed by atoms with Crippen molar-refractivity contribution in [2.45, 2.75) is 32.5 Å². The van der Waals surface area contributed by atoms with Crippen molar-refractivity contribution >= 4 is 19.2 Å². The van der Waals surface area contributed by atoms with Gasteiger partial charge in [0, 0.05) is 19.6 Å². The molecule has 0 aliphatic rings. The zero-order valence-corrected chi connectivity index (χ0v) is 16.3. The lowest BCUT2D eigenvalue weighted by atomic mass is 10.0. The molecule has 11 heteroatoms. The molecule has 144 valence electrons. The molecule has 9 nitrogen and oxygen atoms in total. The first kappa shape index (κ1) is 22.1. The van der Waals surface area contributed by atoms with Gasteiger partial charge in [-0.2, -0.15) is 9.97 Å². The van der Waals surface area contributed by atoms with Crippen LogP contribution >= 0.6 is 19.2 Å². The van der Waals surface area contributed by atoms with Gasteiger partial charge in [0.05, 0.1) is 20.4 Å². The topological polar surface area (TPSA) is 120 Å². The van der Waals surface area contributed by atoms with Gasteiger partial charge in [0.25, 0.3) is 0 Å². The van der Waals surface area contributed by atoms with Crippen LogP contribution in [0.15, 0.2) is 0 Å². The monoisotopic (exact) mass is 398 g/mol. The lowest BCUT2D eigenvalue weighted by Gasteiger charge is -2.34. The summed E-state index contributed by atoms with van der Waals surface area (Å²) in [6.07, 6.45) is -0.0484. The van der Waals surface area contributed by atoms with Crippen molar-refractivity contribution in [2.24, 2.45) is 0 Å². The van der Waals surface area contributed by atoms with Crippen LogP contribution in [0.4, 0.5) is 0 Å². The van der Waals surface area contributed by atoms with Gasteiger partial charge >= 0.3 is 13.6 Å². The average molecular weight is 399 g/mol. The third-order valence-electron chi connectivity index (χ3n) is 3.28. The van der Waals surface area contributed by atoms with Gasteiger partial charge < -0.3 is 28.7 Å². The highest BCUT2D eigenvalue weighted by Crippen LogP contribution is 2.44. The second-order valence-corrected chi connectivity index (χ2v) is 7.13. The van der Waals surface area contributed by atoms with Crippen molar-refractivity contribution in [3.63, 3.8) is 0 Å². The average Bonchev–Trinajstić information content (AvgIpc) is 2.52. The molecule has 1 aromatic heterocycles. The number of nitrogens with zero attached hydrogens (tertiary/aromatic N) is 2. The number of hydrogen-bond acceptors (Lipinski definition) is 7. The van der Waals surface area contributed by atoms with Gasteiger partial charge in [-0.05, 0) is 20.3 Å². The number of hydrogen-bond donors (Lipinski definition) is 2. The molecular weight excluding hydrogens is 375 g/mol. The molecule has 0 unspecified atom stereocenters. The molecule has 0 aromatic carbocycles. The third-order valence-corrected chi connectivity index (χ3v) is 4.45. The molecule has 0 aliphatic carbocycles. The molecule has 2 N–H and O–H groups in total. The van der Waals surface area contributed by atoms with E-state index in [0.29, 0.717) is 0 Å². The second-order valence-electron chi connectivity index (χ2n) is 5.00. The Morgan fingerprint density at radius 3 is 2.16 bits per heavy atom. The van der Waals surface area contributed by atoms with Gasteiger partial charge in [0.15, 0.2) is 0 Å². The quantitative estimate of drug-likeness (QED) is 0.328. The van der Waals surface area contributed by atoms with Crippen LogP contribution in [0.1, 0.15) is 32.3 Å². The first-order chi connectivity index (χ1) is 11.7. The van der Waals surface area contributed by atoms with Crippen molar-refractivity contribution in [1.82, 2.24) is 9.97 Å². The Bertz CT molecular complexity index is 605. The van der Waals surface area contributed by atoms with Gasteiger partial charge in [-0.15, -0.1) is 0 Å². The number of aromatic nitrogens is 2. The molecule has 0 atom stereocenters. The zero-order valence-electron chi connectivity index (χ0n) is 14.7. The van der Waals surface area contributed by atoms with Crippen LogP contribution in [0.2, 0.25) is 5.15 Å². The minimum absolute atomic E-state index is 0.0155. The summed E-state index contributed by atoms with van der Waals surface area (Å²) in [7, 11) is -1.36. The number of methoxy groups -OCH3 is 2. The summed E-state index contributed by atoms with van der Waals surface area (Å²) in [5.74, 6) is -1.29. The predicted molar refractivity (Wildman–Crippen MR) is 91.2 cm³/mol. The fraction of sp³-hybridized carbons (Fsp3) is 0.714. The fourth-order valence-electron chi connectivity index (χ4n) is 2.39. The number of halogens is 1. The molecule has 25 heavy (non-hydrogen) atoms. The number of ether oxygens (including phenoxy) is 4. The molecule has 0 saturated carbocycles. The van der Waals surface area contributed by atoms with Gasteiger partial charge in [-0.1, -0.05) is 11.6 Å². The first-order valence-electron chi connectivity index (χ1n) is 7.71. The molecule has 0 spiro atoms. The maximum absolute atomic E-state index is 11.2. The van der Waals surface area contributed by atoms with E-state index in [0.717, 1.165) is 0 Å². The van der Waals surface area contributed by atoms with Crippen LogP contribution < -0.4 is 9.47 Å². The van der Waals surface area contributed by atoms with Gasteiger partial charge in [0.1, 0.15) is 10.7 Å². The lowest BCUT2D eigenvalue weighted by Crippen LogP contribution is -2.35.